The molecule has 0 radical (unpaired) electrons. The van der Waals surface area contributed by atoms with E-state index in [9.17, 15) is 0 Å². The topological polar surface area (TPSA) is 53.1 Å². The summed E-state index contributed by atoms with van der Waals surface area (Å²) in [6.45, 7) is 1.95. The lowest BCUT2D eigenvalue weighted by atomic mass is 9.93. The normalized spacial score (nSPS) is 26.8. The van der Waals surface area contributed by atoms with Crippen molar-refractivity contribution in [2.45, 2.75) is 44.8 Å². The van der Waals surface area contributed by atoms with E-state index in [0.29, 0.717) is 12.1 Å². The van der Waals surface area contributed by atoms with Gasteiger partial charge in [-0.1, -0.05) is 0 Å². The number of nitrogen functional groups attached to an aromatic ring is 1. The van der Waals surface area contributed by atoms with Crippen molar-refractivity contribution in [1.82, 2.24) is 9.78 Å². The number of aryl methyl sites for hydroxylation is 1. The lowest BCUT2D eigenvalue weighted by molar-refractivity contribution is 0.0507. The highest BCUT2D eigenvalue weighted by atomic mass is 16.5. The fourth-order valence-electron chi connectivity index (χ4n) is 2.26. The standard InChI is InChI=1S/C11H19N3O/c1-8-11(12)7-14(13-8)9-4-3-5-10(6-9)15-2/h7,9-10H,3-6,12H2,1-2H3. The number of ether oxygens (including phenoxy) is 1. The largest absolute Gasteiger partial charge is 0.396 e. The van der Waals surface area contributed by atoms with Gasteiger partial charge >= 0.3 is 0 Å². The second kappa shape index (κ2) is 4.23. The van der Waals surface area contributed by atoms with Crippen LogP contribution in [-0.2, 0) is 4.74 Å². The van der Waals surface area contributed by atoms with Crippen molar-refractivity contribution in [3.63, 3.8) is 0 Å². The molecule has 0 aliphatic heterocycles. The first kappa shape index (κ1) is 10.5. The van der Waals surface area contributed by atoms with E-state index in [4.69, 9.17) is 10.5 Å². The third-order valence-electron chi connectivity index (χ3n) is 3.26. The van der Waals surface area contributed by atoms with Crippen LogP contribution in [0.1, 0.15) is 37.4 Å². The van der Waals surface area contributed by atoms with Crippen molar-refractivity contribution in [3.05, 3.63) is 11.9 Å². The number of nitrogens with zero attached hydrogens (tertiary/aromatic N) is 2. The minimum absolute atomic E-state index is 0.384. The van der Waals surface area contributed by atoms with E-state index in [1.807, 2.05) is 17.8 Å². The summed E-state index contributed by atoms with van der Waals surface area (Å²) >= 11 is 0. The first-order chi connectivity index (χ1) is 7.20. The Morgan fingerprint density at radius 1 is 1.53 bits per heavy atom. The van der Waals surface area contributed by atoms with E-state index in [0.717, 1.165) is 17.8 Å². The molecule has 1 aliphatic rings. The summed E-state index contributed by atoms with van der Waals surface area (Å²) in [5.74, 6) is 0. The van der Waals surface area contributed by atoms with Crippen molar-refractivity contribution in [3.8, 4) is 0 Å². The molecule has 1 heterocycles. The average molecular weight is 209 g/mol. The van der Waals surface area contributed by atoms with Crippen molar-refractivity contribution in [2.75, 3.05) is 12.8 Å². The van der Waals surface area contributed by atoms with Crippen LogP contribution in [0.2, 0.25) is 0 Å². The quantitative estimate of drug-likeness (QED) is 0.809. The molecule has 1 saturated carbocycles. The number of hydrogen-bond donors (Lipinski definition) is 1. The molecule has 1 fully saturated rings. The van der Waals surface area contributed by atoms with E-state index in [1.54, 1.807) is 7.11 Å². The number of rotatable bonds is 2. The molecule has 1 aromatic heterocycles. The van der Waals surface area contributed by atoms with Crippen LogP contribution >= 0.6 is 0 Å². The second-order valence-electron chi connectivity index (χ2n) is 4.33. The summed E-state index contributed by atoms with van der Waals surface area (Å²) < 4.78 is 7.42. The molecule has 15 heavy (non-hydrogen) atoms. The van der Waals surface area contributed by atoms with Gasteiger partial charge in [0.2, 0.25) is 0 Å². The summed E-state index contributed by atoms with van der Waals surface area (Å²) in [5, 5.41) is 4.44. The number of hydrogen-bond acceptors (Lipinski definition) is 3. The van der Waals surface area contributed by atoms with Gasteiger partial charge in [-0.05, 0) is 32.6 Å². The zero-order chi connectivity index (χ0) is 10.8. The minimum Gasteiger partial charge on any atom is -0.396 e. The maximum atomic E-state index is 5.80. The third-order valence-corrected chi connectivity index (χ3v) is 3.26. The zero-order valence-electron chi connectivity index (χ0n) is 9.44. The van der Waals surface area contributed by atoms with E-state index in [-0.39, 0.29) is 0 Å². The minimum atomic E-state index is 0.384. The highest BCUT2D eigenvalue weighted by Gasteiger charge is 2.23. The van der Waals surface area contributed by atoms with Crippen LogP contribution < -0.4 is 5.73 Å². The molecule has 2 N–H and O–H groups in total. The van der Waals surface area contributed by atoms with Crippen molar-refractivity contribution < 1.29 is 4.74 Å². The molecule has 0 amide bonds. The molecule has 4 nitrogen and oxygen atoms in total. The summed E-state index contributed by atoms with van der Waals surface area (Å²) in [7, 11) is 1.79. The molecule has 1 aliphatic carbocycles. The molecular weight excluding hydrogens is 190 g/mol. The van der Waals surface area contributed by atoms with Gasteiger partial charge in [0.15, 0.2) is 0 Å². The van der Waals surface area contributed by atoms with E-state index >= 15 is 0 Å². The van der Waals surface area contributed by atoms with Crippen LogP contribution in [0, 0.1) is 6.92 Å². The number of nitrogens with two attached hydrogens (primary N) is 1. The summed E-state index contributed by atoms with van der Waals surface area (Å²) in [6.07, 6.45) is 6.94. The molecule has 0 bridgehead atoms. The van der Waals surface area contributed by atoms with Crippen LogP contribution in [0.3, 0.4) is 0 Å². The van der Waals surface area contributed by atoms with Crippen LogP contribution in [0.15, 0.2) is 6.20 Å². The van der Waals surface area contributed by atoms with Gasteiger partial charge in [-0.25, -0.2) is 0 Å². The van der Waals surface area contributed by atoms with Crippen LogP contribution in [0.4, 0.5) is 5.69 Å². The van der Waals surface area contributed by atoms with E-state index in [1.165, 1.54) is 19.3 Å². The van der Waals surface area contributed by atoms with Crippen LogP contribution in [0.25, 0.3) is 0 Å². The van der Waals surface area contributed by atoms with Crippen LogP contribution in [0.5, 0.6) is 0 Å². The Morgan fingerprint density at radius 2 is 2.33 bits per heavy atom. The monoisotopic (exact) mass is 209 g/mol. The van der Waals surface area contributed by atoms with Crippen LogP contribution in [-0.4, -0.2) is 23.0 Å². The fourth-order valence-corrected chi connectivity index (χ4v) is 2.26. The average Bonchev–Trinajstić information content (AvgIpc) is 2.59. The zero-order valence-corrected chi connectivity index (χ0v) is 9.44. The first-order valence-corrected chi connectivity index (χ1v) is 5.54. The van der Waals surface area contributed by atoms with E-state index in [2.05, 4.69) is 5.10 Å². The summed E-state index contributed by atoms with van der Waals surface area (Å²) in [4.78, 5) is 0. The lowest BCUT2D eigenvalue weighted by Crippen LogP contribution is -2.24. The SMILES string of the molecule is COC1CCCC(n2cc(N)c(C)n2)C1. The highest BCUT2D eigenvalue weighted by Crippen LogP contribution is 2.30. The van der Waals surface area contributed by atoms with Gasteiger partial charge in [0.05, 0.1) is 23.5 Å². The lowest BCUT2D eigenvalue weighted by Gasteiger charge is -2.28. The summed E-state index contributed by atoms with van der Waals surface area (Å²) in [5.41, 5.74) is 7.51. The smallest absolute Gasteiger partial charge is 0.0823 e. The van der Waals surface area contributed by atoms with Crippen molar-refractivity contribution >= 4 is 5.69 Å². The van der Waals surface area contributed by atoms with Gasteiger partial charge in [0.1, 0.15) is 0 Å². The molecule has 1 aromatic rings. The van der Waals surface area contributed by atoms with E-state index < -0.39 is 0 Å². The molecule has 2 rings (SSSR count). The van der Waals surface area contributed by atoms with Gasteiger partial charge < -0.3 is 10.5 Å². The Labute approximate surface area is 90.4 Å². The molecule has 4 heteroatoms. The Bertz CT molecular complexity index is 315. The third kappa shape index (κ3) is 2.15. The predicted molar refractivity (Wildman–Crippen MR) is 59.7 cm³/mol. The molecule has 84 valence electrons. The predicted octanol–water partition coefficient (Wildman–Crippen LogP) is 1.90. The highest BCUT2D eigenvalue weighted by molar-refractivity contribution is 5.39. The second-order valence-corrected chi connectivity index (χ2v) is 4.33. The van der Waals surface area contributed by atoms with Gasteiger partial charge in [-0.15, -0.1) is 0 Å². The Kier molecular flexibility index (Phi) is 2.95. The van der Waals surface area contributed by atoms with Crippen molar-refractivity contribution in [2.24, 2.45) is 0 Å². The number of methoxy groups -OCH3 is 1. The number of aromatic nitrogens is 2. The summed E-state index contributed by atoms with van der Waals surface area (Å²) in [6, 6.07) is 0.458. The molecule has 0 spiro atoms. The Morgan fingerprint density at radius 3 is 2.93 bits per heavy atom. The Hall–Kier alpha value is -1.03. The fraction of sp³-hybridized carbons (Fsp3) is 0.727. The maximum absolute atomic E-state index is 5.80. The maximum Gasteiger partial charge on any atom is 0.0823 e. The molecule has 2 atom stereocenters. The molecule has 2 unspecified atom stereocenters. The Balaban J connectivity index is 2.09. The van der Waals surface area contributed by atoms with Gasteiger partial charge in [-0.2, -0.15) is 5.10 Å². The number of anilines is 1. The van der Waals surface area contributed by atoms with Crippen molar-refractivity contribution in [1.29, 1.82) is 0 Å². The van der Waals surface area contributed by atoms with Gasteiger partial charge in [0.25, 0.3) is 0 Å². The molecule has 0 aromatic carbocycles. The first-order valence-electron chi connectivity index (χ1n) is 5.54. The molecule has 0 saturated heterocycles. The van der Waals surface area contributed by atoms with Gasteiger partial charge in [-0.3, -0.25) is 4.68 Å². The molecular formula is C11H19N3O. The van der Waals surface area contributed by atoms with Gasteiger partial charge in [0, 0.05) is 13.3 Å².